The van der Waals surface area contributed by atoms with Crippen LogP contribution in [0.1, 0.15) is 26.4 Å². The van der Waals surface area contributed by atoms with Crippen LogP contribution in [-0.2, 0) is 28.7 Å². The zero-order valence-corrected chi connectivity index (χ0v) is 20.5. The maximum absolute atomic E-state index is 12.3. The van der Waals surface area contributed by atoms with Gasteiger partial charge >= 0.3 is 27.0 Å². The summed E-state index contributed by atoms with van der Waals surface area (Å²) in [5.74, 6) is -0.827. The van der Waals surface area contributed by atoms with E-state index in [2.05, 4.69) is 36.7 Å². The molecule has 0 spiro atoms. The summed E-state index contributed by atoms with van der Waals surface area (Å²) >= 11 is 1.82. The van der Waals surface area contributed by atoms with Gasteiger partial charge in [-0.05, 0) is 29.0 Å². The molecule has 1 aliphatic rings. The van der Waals surface area contributed by atoms with Crippen molar-refractivity contribution in [2.75, 3.05) is 5.73 Å². The van der Waals surface area contributed by atoms with Crippen molar-refractivity contribution < 1.29 is 31.7 Å². The predicted molar refractivity (Wildman–Crippen MR) is 131 cm³/mol. The molecule has 176 valence electrons. The number of para-hydroxylation sites is 1. The van der Waals surface area contributed by atoms with Gasteiger partial charge in [0.15, 0.2) is 0 Å². The number of nitrogens with zero attached hydrogens (tertiary/aromatic N) is 3. The molecule has 35 heavy (non-hydrogen) atoms. The van der Waals surface area contributed by atoms with E-state index in [-0.39, 0.29) is 0 Å². The first-order valence-corrected chi connectivity index (χ1v) is 12.2. The summed E-state index contributed by atoms with van der Waals surface area (Å²) in [7, 11) is 4.57. The van der Waals surface area contributed by atoms with Crippen molar-refractivity contribution in [3.63, 3.8) is 0 Å². The van der Waals surface area contributed by atoms with Crippen LogP contribution < -0.4 is 21.8 Å². The fourth-order valence-electron chi connectivity index (χ4n) is 3.84. The van der Waals surface area contributed by atoms with E-state index in [9.17, 15) is 9.59 Å². The Morgan fingerprint density at radius 2 is 1.66 bits per heavy atom. The third-order valence-corrected chi connectivity index (χ3v) is 5.16. The quantitative estimate of drug-likeness (QED) is 0.119. The summed E-state index contributed by atoms with van der Waals surface area (Å²) in [4.78, 5) is 45.3. The van der Waals surface area contributed by atoms with Crippen LogP contribution in [0.2, 0.25) is 0 Å². The van der Waals surface area contributed by atoms with Gasteiger partial charge in [-0.1, -0.05) is 30.3 Å². The standard InChI is InChI=1S/C17H10N4O2.C6H8N2.CHO.ClH.Ru/c18-7-5-9-12-13(17(23)21-16(12)22)11-8-3-1-2-4-10(8)20-15(11)14(9)19-6-7;7-5-6-3-1-2-4-8-6;1-2;;/h1-6H,(H4,18,19,20,21,22,23);1-4H,5,7H2;1H;1H;/q;;-1;;+4/p-2. The van der Waals surface area contributed by atoms with Crippen LogP contribution in [0.25, 0.3) is 32.7 Å². The van der Waals surface area contributed by atoms with Crippen molar-refractivity contribution in [1.29, 1.82) is 0 Å². The number of amides is 2. The number of fused-ring (bicyclic) bond motifs is 8. The zero-order valence-electron chi connectivity index (χ0n) is 18.0. The summed E-state index contributed by atoms with van der Waals surface area (Å²) in [5, 5.41) is 4.43. The van der Waals surface area contributed by atoms with Crippen LogP contribution in [0.15, 0.2) is 60.9 Å². The minimum atomic E-state index is -0.422. The van der Waals surface area contributed by atoms with Crippen LogP contribution in [0.3, 0.4) is 0 Å². The Bertz CT molecular complexity index is 1520. The Morgan fingerprint density at radius 3 is 2.31 bits per heavy atom. The number of halogens is 1. The minimum absolute atomic E-state index is 0.329. The number of anilines is 1. The molecule has 4 heterocycles. The Morgan fingerprint density at radius 1 is 0.971 bits per heavy atom. The van der Waals surface area contributed by atoms with Gasteiger partial charge in [0.05, 0.1) is 34.2 Å². The number of carbonyl (C=O) groups is 2. The molecule has 6 rings (SSSR count). The molecule has 0 atom stereocenters. The fourth-order valence-corrected chi connectivity index (χ4v) is 3.84. The zero-order chi connectivity index (χ0) is 25.5. The van der Waals surface area contributed by atoms with E-state index in [4.69, 9.17) is 16.3 Å². The number of hydrogen-bond acceptors (Lipinski definition) is 7. The number of carbonyl (C=O) groups excluding carboxylic acids is 3. The van der Waals surface area contributed by atoms with E-state index in [0.717, 1.165) is 16.6 Å². The number of aromatic nitrogens is 3. The Kier molecular flexibility index (Phi) is 8.59. The van der Waals surface area contributed by atoms with Crippen molar-refractivity contribution in [2.45, 2.75) is 6.54 Å². The van der Waals surface area contributed by atoms with Crippen LogP contribution in [0, 0.1) is 0 Å². The number of hydrogen-bond donors (Lipinski definition) is 3. The average Bonchev–Trinajstić information content (AvgIpc) is 3.44. The van der Waals surface area contributed by atoms with E-state index in [1.807, 2.05) is 59.8 Å². The molecule has 0 fully saturated rings. The summed E-state index contributed by atoms with van der Waals surface area (Å²) in [5.41, 5.74) is 15.1. The predicted octanol–water partition coefficient (Wildman–Crippen LogP) is 2.92. The molecule has 5 N–H and O–H groups in total. The number of imide groups is 1. The number of rotatable bonds is 1. The van der Waals surface area contributed by atoms with E-state index >= 15 is 0 Å². The third-order valence-electron chi connectivity index (χ3n) is 5.16. The van der Waals surface area contributed by atoms with Gasteiger partial charge in [-0.15, -0.1) is 11.0 Å². The molecule has 0 radical (unpaired) electrons. The number of nitrogens with two attached hydrogens (primary N) is 2. The Labute approximate surface area is 214 Å². The molecular weight excluding hydrogens is 557 g/mol. The molecule has 2 amide bonds. The van der Waals surface area contributed by atoms with Gasteiger partial charge in [0.25, 0.3) is 11.8 Å². The van der Waals surface area contributed by atoms with Crippen molar-refractivity contribution in [1.82, 2.24) is 20.3 Å². The second-order valence-electron chi connectivity index (χ2n) is 7.08. The molecule has 3 aromatic heterocycles. The number of nitrogen functional groups attached to an aromatic ring is 1. The molecule has 0 saturated carbocycles. The maximum atomic E-state index is 12.3. The second-order valence-corrected chi connectivity index (χ2v) is 7.08. The van der Waals surface area contributed by atoms with Gasteiger partial charge in [-0.25, -0.2) is 0 Å². The molecule has 1 aliphatic heterocycles. The van der Waals surface area contributed by atoms with E-state index in [1.165, 1.54) is 6.20 Å². The van der Waals surface area contributed by atoms with Crippen LogP contribution >= 0.6 is 9.69 Å². The summed E-state index contributed by atoms with van der Waals surface area (Å²) in [6, 6.07) is 14.9. The van der Waals surface area contributed by atoms with Gasteiger partial charge < -0.3 is 21.2 Å². The molecule has 2 aromatic carbocycles. The summed E-state index contributed by atoms with van der Waals surface area (Å²) in [6.07, 6.45) is 3.27. The molecule has 5 aromatic rings. The van der Waals surface area contributed by atoms with Gasteiger partial charge in [0.2, 0.25) is 0 Å². The van der Waals surface area contributed by atoms with Crippen LogP contribution in [0.4, 0.5) is 5.69 Å². The van der Waals surface area contributed by atoms with Crippen molar-refractivity contribution in [3.05, 3.63) is 77.7 Å². The number of nitrogens with one attached hydrogen (secondary N) is 1. The van der Waals surface area contributed by atoms with Crippen molar-refractivity contribution >= 4 is 66.7 Å². The van der Waals surface area contributed by atoms with Crippen LogP contribution in [0.5, 0.6) is 0 Å². The molecular formula is C24H18ClN6O3Ru+. The molecule has 9 nitrogen and oxygen atoms in total. The van der Waals surface area contributed by atoms with E-state index in [1.54, 1.807) is 12.3 Å². The average molecular weight is 575 g/mol. The summed E-state index contributed by atoms with van der Waals surface area (Å²) in [6.45, 7) is 3.78. The van der Waals surface area contributed by atoms with Crippen molar-refractivity contribution in [2.24, 2.45) is 5.73 Å². The SMILES string of the molecule is NCc1ccccn1.Nc1cnc2c(c1)c1c(c3c4ccccc4[n-]c23)C(=O)NC1=O.[CH-]=O.[Cl][Ru+3]. The van der Waals surface area contributed by atoms with E-state index in [0.29, 0.717) is 45.2 Å². The van der Waals surface area contributed by atoms with Gasteiger partial charge in [0, 0.05) is 18.1 Å². The molecule has 0 unspecified atom stereocenters. The fraction of sp³-hybridized carbons (Fsp3) is 0.0417. The Balaban J connectivity index is 0.000000241. The molecule has 0 aliphatic carbocycles. The molecule has 11 heteroatoms. The molecule has 0 saturated heterocycles. The third kappa shape index (κ3) is 4.90. The monoisotopic (exact) mass is 575 g/mol. The molecule has 0 bridgehead atoms. The van der Waals surface area contributed by atoms with Gasteiger partial charge in [-0.3, -0.25) is 31.7 Å². The normalized spacial score (nSPS) is 11.5. The Hall–Kier alpha value is -3.72. The number of pyridine rings is 2. The first-order chi connectivity index (χ1) is 17.1. The van der Waals surface area contributed by atoms with Crippen molar-refractivity contribution in [3.8, 4) is 0 Å². The second kappa shape index (κ2) is 11.6. The summed E-state index contributed by atoms with van der Waals surface area (Å²) < 4.78 is 0. The van der Waals surface area contributed by atoms with E-state index < -0.39 is 11.8 Å². The first-order valence-electron chi connectivity index (χ1n) is 9.97. The van der Waals surface area contributed by atoms with Crippen LogP contribution in [-0.4, -0.2) is 28.6 Å². The number of benzene rings is 2. The van der Waals surface area contributed by atoms with Gasteiger partial charge in [-0.2, -0.15) is 0 Å². The van der Waals surface area contributed by atoms with Gasteiger partial charge in [0.1, 0.15) is 0 Å². The topological polar surface area (TPSA) is 155 Å². The first kappa shape index (κ1) is 25.9.